The molecule has 0 aliphatic heterocycles. The number of fused-ring (bicyclic) bond motifs is 1. The fraction of sp³-hybridized carbons (Fsp3) is 0.409. The van der Waals surface area contributed by atoms with Crippen LogP contribution in [0.5, 0.6) is 5.75 Å². The third kappa shape index (κ3) is 3.90. The number of amides is 2. The molecule has 0 spiro atoms. The van der Waals surface area contributed by atoms with Gasteiger partial charge in [0.15, 0.2) is 11.6 Å². The number of carbonyl (C=O) groups excluding carboxylic acids is 2. The number of ether oxygens (including phenoxy) is 1. The molecule has 0 atom stereocenters. The van der Waals surface area contributed by atoms with Gasteiger partial charge in [-0.15, -0.1) is 0 Å². The molecule has 1 aromatic carbocycles. The van der Waals surface area contributed by atoms with Crippen LogP contribution in [0.2, 0.25) is 0 Å². The molecule has 0 unspecified atom stereocenters. The van der Waals surface area contributed by atoms with Crippen molar-refractivity contribution in [3.05, 3.63) is 30.0 Å². The standard InChI is InChI=1S/C22H29N5O3/c1-12(2)21(28)24-14-8-9-17-16(10-14)25-20(27(17)6)18-19(30-7)15(11-26(18)5)22(29)23-13(3)4/h8-13H,1-7H3,(H,23,29)(H,24,28). The zero-order chi connectivity index (χ0) is 22.2. The predicted molar refractivity (Wildman–Crippen MR) is 118 cm³/mol. The number of nitrogens with one attached hydrogen (secondary N) is 2. The molecule has 8 heteroatoms. The number of methoxy groups -OCH3 is 1. The van der Waals surface area contributed by atoms with Gasteiger partial charge in [0.2, 0.25) is 5.91 Å². The molecule has 0 bridgehead atoms. The van der Waals surface area contributed by atoms with Gasteiger partial charge >= 0.3 is 0 Å². The van der Waals surface area contributed by atoms with E-state index < -0.39 is 0 Å². The van der Waals surface area contributed by atoms with E-state index >= 15 is 0 Å². The van der Waals surface area contributed by atoms with Crippen molar-refractivity contribution in [3.63, 3.8) is 0 Å². The van der Waals surface area contributed by atoms with Gasteiger partial charge in [-0.2, -0.15) is 0 Å². The number of carbonyl (C=O) groups is 2. The number of imidazole rings is 1. The van der Waals surface area contributed by atoms with Gasteiger partial charge in [-0.25, -0.2) is 4.98 Å². The van der Waals surface area contributed by atoms with Crippen LogP contribution < -0.4 is 15.4 Å². The second kappa shape index (κ2) is 8.22. The average Bonchev–Trinajstić information content (AvgIpc) is 3.17. The van der Waals surface area contributed by atoms with E-state index in [1.165, 1.54) is 0 Å². The average molecular weight is 412 g/mol. The van der Waals surface area contributed by atoms with Crippen LogP contribution in [-0.4, -0.2) is 39.1 Å². The molecule has 2 amide bonds. The predicted octanol–water partition coefficient (Wildman–Crippen LogP) is 3.32. The normalized spacial score (nSPS) is 11.4. The lowest BCUT2D eigenvalue weighted by atomic mass is 10.2. The van der Waals surface area contributed by atoms with Crippen LogP contribution in [0.25, 0.3) is 22.6 Å². The van der Waals surface area contributed by atoms with Crippen LogP contribution in [-0.2, 0) is 18.9 Å². The third-order valence-corrected chi connectivity index (χ3v) is 4.89. The van der Waals surface area contributed by atoms with Crippen LogP contribution in [0, 0.1) is 5.92 Å². The van der Waals surface area contributed by atoms with Gasteiger partial charge < -0.3 is 24.5 Å². The van der Waals surface area contributed by atoms with Gasteiger partial charge in [-0.3, -0.25) is 9.59 Å². The molecule has 3 aromatic rings. The molecule has 0 saturated heterocycles. The number of hydrogen-bond donors (Lipinski definition) is 2. The van der Waals surface area contributed by atoms with Crippen LogP contribution in [0.4, 0.5) is 5.69 Å². The topological polar surface area (TPSA) is 90.2 Å². The summed E-state index contributed by atoms with van der Waals surface area (Å²) in [4.78, 5) is 29.4. The molecule has 0 aliphatic carbocycles. The summed E-state index contributed by atoms with van der Waals surface area (Å²) in [5, 5.41) is 5.80. The summed E-state index contributed by atoms with van der Waals surface area (Å²) in [5.74, 6) is 0.794. The first kappa shape index (κ1) is 21.4. The lowest BCUT2D eigenvalue weighted by Gasteiger charge is -2.10. The van der Waals surface area contributed by atoms with Crippen molar-refractivity contribution in [1.82, 2.24) is 19.4 Å². The molecule has 3 rings (SSSR count). The summed E-state index contributed by atoms with van der Waals surface area (Å²) in [6.07, 6.45) is 1.75. The van der Waals surface area contributed by atoms with E-state index in [2.05, 4.69) is 10.6 Å². The first-order valence-corrected chi connectivity index (χ1v) is 9.95. The van der Waals surface area contributed by atoms with Gasteiger partial charge in [-0.1, -0.05) is 13.8 Å². The molecule has 30 heavy (non-hydrogen) atoms. The van der Waals surface area contributed by atoms with Crippen molar-refractivity contribution in [1.29, 1.82) is 0 Å². The first-order chi connectivity index (χ1) is 14.1. The molecule has 0 saturated carbocycles. The van der Waals surface area contributed by atoms with Gasteiger partial charge in [0.05, 0.1) is 23.7 Å². The molecule has 0 fully saturated rings. The largest absolute Gasteiger partial charge is 0.494 e. The molecular formula is C22H29N5O3. The summed E-state index contributed by atoms with van der Waals surface area (Å²) in [7, 11) is 5.32. The highest BCUT2D eigenvalue weighted by atomic mass is 16.5. The maximum absolute atomic E-state index is 12.6. The number of aryl methyl sites for hydroxylation is 2. The fourth-order valence-electron chi connectivity index (χ4n) is 3.35. The number of anilines is 1. The van der Waals surface area contributed by atoms with E-state index in [0.29, 0.717) is 28.5 Å². The van der Waals surface area contributed by atoms with Crippen molar-refractivity contribution >= 4 is 28.5 Å². The highest BCUT2D eigenvalue weighted by Crippen LogP contribution is 2.36. The Morgan fingerprint density at radius 1 is 1.13 bits per heavy atom. The highest BCUT2D eigenvalue weighted by Gasteiger charge is 2.25. The molecule has 2 aromatic heterocycles. The van der Waals surface area contributed by atoms with Gasteiger partial charge in [0.25, 0.3) is 5.91 Å². The minimum Gasteiger partial charge on any atom is -0.494 e. The smallest absolute Gasteiger partial charge is 0.256 e. The molecule has 8 nitrogen and oxygen atoms in total. The lowest BCUT2D eigenvalue weighted by Crippen LogP contribution is -2.30. The number of benzene rings is 1. The second-order valence-electron chi connectivity index (χ2n) is 8.01. The monoisotopic (exact) mass is 411 g/mol. The van der Waals surface area contributed by atoms with Crippen LogP contribution in [0.15, 0.2) is 24.4 Å². The number of hydrogen-bond acceptors (Lipinski definition) is 4. The molecule has 0 aliphatic rings. The van der Waals surface area contributed by atoms with Gasteiger partial charge in [0, 0.05) is 37.9 Å². The van der Waals surface area contributed by atoms with Crippen LogP contribution in [0.3, 0.4) is 0 Å². The van der Waals surface area contributed by atoms with Gasteiger partial charge in [0.1, 0.15) is 5.69 Å². The molecular weight excluding hydrogens is 382 g/mol. The second-order valence-corrected chi connectivity index (χ2v) is 8.01. The minimum atomic E-state index is -0.193. The van der Waals surface area contributed by atoms with Crippen molar-refractivity contribution in [2.45, 2.75) is 33.7 Å². The Kier molecular flexibility index (Phi) is 5.87. The van der Waals surface area contributed by atoms with E-state index in [9.17, 15) is 9.59 Å². The third-order valence-electron chi connectivity index (χ3n) is 4.89. The van der Waals surface area contributed by atoms with Crippen molar-refractivity contribution < 1.29 is 14.3 Å². The molecule has 0 radical (unpaired) electrons. The molecule has 2 N–H and O–H groups in total. The Morgan fingerprint density at radius 2 is 1.83 bits per heavy atom. The number of rotatable bonds is 6. The summed E-state index contributed by atoms with van der Waals surface area (Å²) in [6.45, 7) is 7.52. The minimum absolute atomic E-state index is 0.0149. The van der Waals surface area contributed by atoms with E-state index in [-0.39, 0.29) is 23.8 Å². The number of nitrogens with zero attached hydrogens (tertiary/aromatic N) is 3. The van der Waals surface area contributed by atoms with E-state index in [1.54, 1.807) is 13.3 Å². The zero-order valence-electron chi connectivity index (χ0n) is 18.5. The summed E-state index contributed by atoms with van der Waals surface area (Å²) >= 11 is 0. The summed E-state index contributed by atoms with van der Waals surface area (Å²) in [6, 6.07) is 5.64. The van der Waals surface area contributed by atoms with Crippen LogP contribution in [0.1, 0.15) is 38.1 Å². The Bertz CT molecular complexity index is 1110. The number of aromatic nitrogens is 3. The van der Waals surface area contributed by atoms with Gasteiger partial charge in [-0.05, 0) is 32.0 Å². The van der Waals surface area contributed by atoms with E-state index in [4.69, 9.17) is 9.72 Å². The maximum Gasteiger partial charge on any atom is 0.256 e. The SMILES string of the molecule is COc1c(C(=O)NC(C)C)cn(C)c1-c1nc2cc(NC(=O)C(C)C)ccc2n1C. The van der Waals surface area contributed by atoms with E-state index in [1.807, 2.05) is 69.1 Å². The Labute approximate surface area is 176 Å². The van der Waals surface area contributed by atoms with Crippen molar-refractivity contribution in [3.8, 4) is 17.3 Å². The Balaban J connectivity index is 2.08. The first-order valence-electron chi connectivity index (χ1n) is 9.95. The lowest BCUT2D eigenvalue weighted by molar-refractivity contribution is -0.118. The quantitative estimate of drug-likeness (QED) is 0.651. The zero-order valence-corrected chi connectivity index (χ0v) is 18.5. The fourth-order valence-corrected chi connectivity index (χ4v) is 3.35. The summed E-state index contributed by atoms with van der Waals surface area (Å²) in [5.41, 5.74) is 3.51. The van der Waals surface area contributed by atoms with Crippen LogP contribution >= 0.6 is 0 Å². The molecule has 2 heterocycles. The highest BCUT2D eigenvalue weighted by molar-refractivity contribution is 6.00. The summed E-state index contributed by atoms with van der Waals surface area (Å²) < 4.78 is 9.41. The maximum atomic E-state index is 12.6. The van der Waals surface area contributed by atoms with E-state index in [0.717, 1.165) is 11.0 Å². The Hall–Kier alpha value is -3.29. The van der Waals surface area contributed by atoms with Crippen molar-refractivity contribution in [2.24, 2.45) is 20.0 Å². The molecule has 160 valence electrons. The van der Waals surface area contributed by atoms with Crippen molar-refractivity contribution in [2.75, 3.05) is 12.4 Å². The Morgan fingerprint density at radius 3 is 2.43 bits per heavy atom.